The number of aliphatic hydroxyl groups excluding tert-OH is 1. The van der Waals surface area contributed by atoms with Crippen molar-refractivity contribution in [1.29, 1.82) is 0 Å². The second-order valence-corrected chi connectivity index (χ2v) is 15.4. The number of nitrogens with one attached hydrogen (secondary N) is 5. The van der Waals surface area contributed by atoms with Gasteiger partial charge in [-0.1, -0.05) is 0 Å². The molecule has 0 aliphatic carbocycles. The van der Waals surface area contributed by atoms with Crippen LogP contribution in [0, 0.1) is 0 Å². The first kappa shape index (κ1) is 49.8. The van der Waals surface area contributed by atoms with Gasteiger partial charge < -0.3 is 52.5 Å². The molecule has 25 heteroatoms. The van der Waals surface area contributed by atoms with Crippen LogP contribution in [-0.4, -0.2) is 192 Å². The Kier molecular flexibility index (Phi) is 18.3. The van der Waals surface area contributed by atoms with Crippen molar-refractivity contribution >= 4 is 69.8 Å². The number of nitrogens with two attached hydrogens (primary N) is 1. The number of carboxylic acids is 3. The average molecular weight is 920 g/mol. The van der Waals surface area contributed by atoms with E-state index in [1.165, 1.54) is 42.6 Å². The molecular weight excluding hydrogens is 867 g/mol. The molecule has 5 rings (SSSR count). The number of benzene rings is 2. The highest BCUT2D eigenvalue weighted by Gasteiger charge is 2.24. The fraction of sp³-hybridized carbons (Fsp3) is 0.415. The maximum atomic E-state index is 13.4. The number of fused-ring (bicyclic) bond motifs is 1. The molecule has 3 heterocycles. The van der Waals surface area contributed by atoms with Gasteiger partial charge in [0, 0.05) is 87.9 Å². The lowest BCUT2D eigenvalue weighted by molar-refractivity contribution is -0.140. The van der Waals surface area contributed by atoms with Gasteiger partial charge in [0.1, 0.15) is 6.04 Å². The Labute approximate surface area is 376 Å². The molecule has 0 saturated carbocycles. The van der Waals surface area contributed by atoms with Crippen molar-refractivity contribution in [2.45, 2.75) is 31.7 Å². The smallest absolute Gasteiger partial charge is 0.317 e. The first-order chi connectivity index (χ1) is 31.5. The van der Waals surface area contributed by atoms with Gasteiger partial charge in [0.25, 0.3) is 11.5 Å². The number of aromatic amines is 1. The number of hydrogen-bond donors (Lipinski definition) is 11. The van der Waals surface area contributed by atoms with E-state index in [1.54, 1.807) is 31.7 Å². The fourth-order valence-electron chi connectivity index (χ4n) is 6.89. The van der Waals surface area contributed by atoms with E-state index in [0.29, 0.717) is 35.8 Å². The van der Waals surface area contributed by atoms with E-state index in [-0.39, 0.29) is 101 Å². The second-order valence-electron chi connectivity index (χ2n) is 15.4. The molecule has 1 aliphatic rings. The number of hydrogen-bond acceptors (Lipinski definition) is 18. The van der Waals surface area contributed by atoms with Crippen LogP contribution >= 0.6 is 0 Å². The van der Waals surface area contributed by atoms with Crippen LogP contribution in [0.5, 0.6) is 0 Å². The molecule has 1 saturated heterocycles. The normalized spacial score (nSPS) is 15.3. The Bertz CT molecular complexity index is 2380. The summed E-state index contributed by atoms with van der Waals surface area (Å²) in [6.45, 7) is 1.57. The summed E-state index contributed by atoms with van der Waals surface area (Å²) < 4.78 is 0. The predicted molar refractivity (Wildman–Crippen MR) is 237 cm³/mol. The zero-order chi connectivity index (χ0) is 47.8. The zero-order valence-electron chi connectivity index (χ0n) is 35.8. The topological polar surface area (TPSA) is 362 Å². The Morgan fingerprint density at radius 2 is 1.23 bits per heavy atom. The van der Waals surface area contributed by atoms with Gasteiger partial charge in [-0.15, -0.1) is 0 Å². The van der Waals surface area contributed by atoms with E-state index in [2.05, 4.69) is 41.2 Å². The Morgan fingerprint density at radius 1 is 0.697 bits per heavy atom. The Hall–Kier alpha value is -7.16. The highest BCUT2D eigenvalue weighted by Crippen LogP contribution is 2.16. The maximum absolute atomic E-state index is 13.4. The predicted octanol–water partition coefficient (Wildman–Crippen LogP) is -1.85. The van der Waals surface area contributed by atoms with E-state index in [4.69, 9.17) is 5.73 Å². The number of carbonyl (C=O) groups is 6. The van der Waals surface area contributed by atoms with Gasteiger partial charge in [-0.25, -0.2) is 9.97 Å². The van der Waals surface area contributed by atoms with Crippen molar-refractivity contribution in [3.63, 3.8) is 0 Å². The van der Waals surface area contributed by atoms with Gasteiger partial charge in [0.2, 0.25) is 17.8 Å². The summed E-state index contributed by atoms with van der Waals surface area (Å²) in [5, 5.41) is 58.7. The molecule has 2 aromatic heterocycles. The number of carbonyl (C=O) groups excluding carboxylic acids is 3. The van der Waals surface area contributed by atoms with Gasteiger partial charge in [-0.05, 0) is 55.0 Å². The molecule has 1 atom stereocenters. The van der Waals surface area contributed by atoms with Crippen molar-refractivity contribution in [3.8, 4) is 0 Å². The number of aliphatic hydroxyl groups is 2. The molecule has 25 nitrogen and oxygen atoms in total. The molecule has 0 bridgehead atoms. The molecule has 12 N–H and O–H groups in total. The van der Waals surface area contributed by atoms with Crippen molar-refractivity contribution in [2.75, 3.05) is 100 Å². The van der Waals surface area contributed by atoms with E-state index < -0.39 is 59.9 Å². The van der Waals surface area contributed by atoms with Gasteiger partial charge in [-0.3, -0.25) is 58.1 Å². The van der Waals surface area contributed by atoms with Crippen molar-refractivity contribution in [1.82, 2.24) is 44.9 Å². The largest absolute Gasteiger partial charge is 0.481 e. The van der Waals surface area contributed by atoms with E-state index in [0.717, 1.165) is 0 Å². The number of β-amino-alcohol motifs (C(OH)–C–C–N with tert-alkyl or cyclic N) is 2. The highest BCUT2D eigenvalue weighted by atomic mass is 16.5. The molecule has 1 aliphatic heterocycles. The molecule has 1 fully saturated rings. The molecule has 1 unspecified atom stereocenters. The molecule has 354 valence electrons. The number of anilines is 4. The molecule has 2 aromatic carbocycles. The van der Waals surface area contributed by atoms with Crippen LogP contribution in [0.15, 0.2) is 59.5 Å². The summed E-state index contributed by atoms with van der Waals surface area (Å²) in [7, 11) is 0. The third-order valence-corrected chi connectivity index (χ3v) is 10.2. The number of amides is 3. The summed E-state index contributed by atoms with van der Waals surface area (Å²) in [4.78, 5) is 108. The summed E-state index contributed by atoms with van der Waals surface area (Å²) in [5.41, 5.74) is 7.03. The van der Waals surface area contributed by atoms with Crippen LogP contribution in [0.25, 0.3) is 11.2 Å². The highest BCUT2D eigenvalue weighted by molar-refractivity contribution is 6.01. The lowest BCUT2D eigenvalue weighted by Gasteiger charge is -2.33. The average Bonchev–Trinajstić information content (AvgIpc) is 3.25. The van der Waals surface area contributed by atoms with Crippen molar-refractivity contribution < 1.29 is 54.3 Å². The van der Waals surface area contributed by atoms with Crippen LogP contribution in [0.3, 0.4) is 0 Å². The molecule has 0 spiro atoms. The Morgan fingerprint density at radius 3 is 1.77 bits per heavy atom. The van der Waals surface area contributed by atoms with Crippen LogP contribution < -0.4 is 32.6 Å². The molecule has 0 radical (unpaired) electrons. The lowest BCUT2D eigenvalue weighted by Crippen LogP contribution is -2.49. The Balaban J connectivity index is 1.16. The van der Waals surface area contributed by atoms with Crippen LogP contribution in [0.1, 0.15) is 28.9 Å². The summed E-state index contributed by atoms with van der Waals surface area (Å²) in [6, 6.07) is 11.1. The van der Waals surface area contributed by atoms with Gasteiger partial charge in [-0.2, -0.15) is 4.98 Å². The van der Waals surface area contributed by atoms with Gasteiger partial charge >= 0.3 is 17.9 Å². The van der Waals surface area contributed by atoms with E-state index in [9.17, 15) is 59.1 Å². The van der Waals surface area contributed by atoms with Crippen LogP contribution in [0.2, 0.25) is 0 Å². The SMILES string of the molecule is Nc1nc2ncc(CNc3ccc(C(=O)NC(CCC(=O)O)C(=O)Nc4ccc(NC(=O)CN5CCN(CC(=O)O)CCN(CC(=O)O)CCN(CC(O)O)CC5)cc4)cc3)nc2c(=O)[nH]1. The third kappa shape index (κ3) is 16.4. The zero-order valence-corrected chi connectivity index (χ0v) is 35.8. The standard InChI is InChI=1S/C41H53N13O12/c42-41-49-37-36(40(66)50-41)46-29(20-44-37)19-43-26-3-1-25(2-4-26)38(64)48-30(9-10-32(56)57)39(65)47-28-7-5-27(6-8-28)45-31(55)21-51-11-13-52(22-33(58)59)15-17-54(24-35(62)63)18-16-53(14-12-51)23-34(60)61/h1-8,20,30,33,43,58-59H,9-19,21-24H2,(H,45,55)(H,47,65)(H,48,64)(H,56,57)(H,60,61)(H,62,63)(H3,42,44,49,50,66). The maximum Gasteiger partial charge on any atom is 0.317 e. The molecule has 4 aromatic rings. The number of nitrogen functional groups attached to an aromatic ring is 1. The van der Waals surface area contributed by atoms with Crippen LogP contribution in [-0.2, 0) is 30.5 Å². The third-order valence-electron chi connectivity index (χ3n) is 10.2. The quantitative estimate of drug-likeness (QED) is 0.0460. The second kappa shape index (κ2) is 24.2. The summed E-state index contributed by atoms with van der Waals surface area (Å²) in [6.07, 6.45) is -0.841. The number of rotatable bonds is 19. The number of aliphatic carboxylic acids is 3. The minimum Gasteiger partial charge on any atom is -0.481 e. The number of aromatic nitrogens is 4. The minimum atomic E-state index is -1.65. The minimum absolute atomic E-state index is 0.0235. The number of carboxylic acid groups (broad SMARTS) is 3. The molecule has 66 heavy (non-hydrogen) atoms. The monoisotopic (exact) mass is 919 g/mol. The van der Waals surface area contributed by atoms with Crippen molar-refractivity contribution in [2.24, 2.45) is 0 Å². The molecule has 3 amide bonds. The fourth-order valence-corrected chi connectivity index (χ4v) is 6.89. The first-order valence-corrected chi connectivity index (χ1v) is 20.8. The van der Waals surface area contributed by atoms with Gasteiger partial charge in [0.15, 0.2) is 17.5 Å². The van der Waals surface area contributed by atoms with E-state index in [1.807, 2.05) is 0 Å². The van der Waals surface area contributed by atoms with Crippen LogP contribution in [0.4, 0.5) is 23.0 Å². The summed E-state index contributed by atoms with van der Waals surface area (Å²) in [5.74, 6) is -5.09. The summed E-state index contributed by atoms with van der Waals surface area (Å²) >= 11 is 0. The van der Waals surface area contributed by atoms with Crippen molar-refractivity contribution in [3.05, 3.63) is 76.3 Å². The lowest BCUT2D eigenvalue weighted by atomic mass is 10.1. The van der Waals surface area contributed by atoms with E-state index >= 15 is 0 Å². The first-order valence-electron chi connectivity index (χ1n) is 20.8. The number of nitrogens with zero attached hydrogens (tertiary/aromatic N) is 7. The molecular formula is C41H53N13O12. The van der Waals surface area contributed by atoms with Gasteiger partial charge in [0.05, 0.1) is 38.1 Å². The number of H-pyrrole nitrogens is 1.